The van der Waals surface area contributed by atoms with Crippen molar-refractivity contribution in [1.29, 1.82) is 0 Å². The minimum atomic E-state index is -0.843. The Balaban J connectivity index is 1.92. The third-order valence-corrected chi connectivity index (χ3v) is 9.13. The Hall–Kier alpha value is -2.24. The maximum atomic E-state index is 12.9. The number of nitrogens with one attached hydrogen (secondary N) is 1. The fraction of sp³-hybridized carbons (Fsp3) is 0.784. The average molecular weight is 602 g/mol. The molecule has 4 atom stereocenters. The van der Waals surface area contributed by atoms with E-state index in [2.05, 4.69) is 39.9 Å². The molecule has 1 aliphatic heterocycles. The number of fused-ring (bicyclic) bond motifs is 1. The van der Waals surface area contributed by atoms with Crippen LogP contribution in [0.25, 0.3) is 0 Å². The summed E-state index contributed by atoms with van der Waals surface area (Å²) in [5.74, 6) is 3.40. The number of esters is 1. The van der Waals surface area contributed by atoms with E-state index < -0.39 is 23.7 Å². The fourth-order valence-electron chi connectivity index (χ4n) is 6.15. The van der Waals surface area contributed by atoms with E-state index in [4.69, 9.17) is 14.2 Å². The molecule has 0 fully saturated rings. The fourth-order valence-corrected chi connectivity index (χ4v) is 6.15. The number of alkyl carbamates (subject to hydrolysis) is 1. The van der Waals surface area contributed by atoms with Crippen molar-refractivity contribution >= 4 is 12.1 Å². The van der Waals surface area contributed by atoms with Gasteiger partial charge in [0.25, 0.3) is 0 Å². The molecule has 0 spiro atoms. The third-order valence-electron chi connectivity index (χ3n) is 9.13. The summed E-state index contributed by atoms with van der Waals surface area (Å²) in [6.07, 6.45) is 12.8. The number of rotatable bonds is 15. The highest BCUT2D eigenvalue weighted by molar-refractivity contribution is 5.83. The highest BCUT2D eigenvalue weighted by atomic mass is 16.6. The molecule has 1 aromatic rings. The third kappa shape index (κ3) is 12.0. The molecule has 6 heteroatoms. The Morgan fingerprint density at radius 3 is 1.98 bits per heavy atom. The molecule has 2 rings (SSSR count). The normalized spacial score (nSPS) is 18.8. The van der Waals surface area contributed by atoms with Crippen molar-refractivity contribution in [2.45, 2.75) is 171 Å². The van der Waals surface area contributed by atoms with Crippen molar-refractivity contribution in [3.63, 3.8) is 0 Å². The molecule has 1 amide bonds. The smallest absolute Gasteiger partial charge is 0.408 e. The SMILES string of the molecule is Cc1c(C)c2c(c(C)c1OC(=O)[C@@H](C)NC(=O)OC(C)(C)C)CC[C@](C)(CCC[C@H](C)CCC[C@H](C)CCCC(C)C)O2. The van der Waals surface area contributed by atoms with Crippen LogP contribution < -0.4 is 14.8 Å². The van der Waals surface area contributed by atoms with Crippen LogP contribution in [0.1, 0.15) is 149 Å². The largest absolute Gasteiger partial charge is 0.487 e. The first-order chi connectivity index (χ1) is 19.9. The first-order valence-corrected chi connectivity index (χ1v) is 16.9. The topological polar surface area (TPSA) is 73.9 Å². The van der Waals surface area contributed by atoms with Crippen LogP contribution >= 0.6 is 0 Å². The summed E-state index contributed by atoms with van der Waals surface area (Å²) in [4.78, 5) is 25.1. The van der Waals surface area contributed by atoms with E-state index >= 15 is 0 Å². The number of benzene rings is 1. The number of hydrogen-bond donors (Lipinski definition) is 1. The quantitative estimate of drug-likeness (QED) is 0.160. The number of carbonyl (C=O) groups is 2. The summed E-state index contributed by atoms with van der Waals surface area (Å²) >= 11 is 0. The van der Waals surface area contributed by atoms with Crippen LogP contribution in [0.3, 0.4) is 0 Å². The lowest BCUT2D eigenvalue weighted by molar-refractivity contribution is -0.136. The van der Waals surface area contributed by atoms with Crippen LogP contribution in [0.2, 0.25) is 0 Å². The monoisotopic (exact) mass is 601 g/mol. The van der Waals surface area contributed by atoms with E-state index in [9.17, 15) is 9.59 Å². The molecule has 43 heavy (non-hydrogen) atoms. The molecule has 1 aromatic carbocycles. The van der Waals surface area contributed by atoms with Crippen LogP contribution in [0.4, 0.5) is 4.79 Å². The van der Waals surface area contributed by atoms with Crippen molar-refractivity contribution in [3.8, 4) is 11.5 Å². The van der Waals surface area contributed by atoms with Gasteiger partial charge < -0.3 is 19.5 Å². The van der Waals surface area contributed by atoms with Gasteiger partial charge in [-0.15, -0.1) is 0 Å². The Morgan fingerprint density at radius 2 is 1.42 bits per heavy atom. The van der Waals surface area contributed by atoms with Crippen LogP contribution in [-0.4, -0.2) is 29.3 Å². The van der Waals surface area contributed by atoms with Gasteiger partial charge in [-0.3, -0.25) is 0 Å². The lowest BCUT2D eigenvalue weighted by Crippen LogP contribution is -2.43. The lowest BCUT2D eigenvalue weighted by Gasteiger charge is -2.38. The van der Waals surface area contributed by atoms with Gasteiger partial charge in [-0.05, 0) is 116 Å². The average Bonchev–Trinajstić information content (AvgIpc) is 2.88. The molecule has 246 valence electrons. The minimum Gasteiger partial charge on any atom is -0.487 e. The molecular formula is C37H63NO5. The van der Waals surface area contributed by atoms with Crippen LogP contribution in [0.15, 0.2) is 0 Å². The van der Waals surface area contributed by atoms with E-state index in [1.54, 1.807) is 27.7 Å². The summed E-state index contributed by atoms with van der Waals surface area (Å²) in [7, 11) is 0. The van der Waals surface area contributed by atoms with Gasteiger partial charge in [0.1, 0.15) is 28.7 Å². The number of amides is 1. The minimum absolute atomic E-state index is 0.189. The second kappa shape index (κ2) is 16.2. The zero-order valence-electron chi connectivity index (χ0n) is 29.6. The first-order valence-electron chi connectivity index (χ1n) is 16.9. The van der Waals surface area contributed by atoms with E-state index in [0.29, 0.717) is 5.75 Å². The zero-order valence-corrected chi connectivity index (χ0v) is 29.6. The van der Waals surface area contributed by atoms with Crippen molar-refractivity contribution in [3.05, 3.63) is 22.3 Å². The van der Waals surface area contributed by atoms with Gasteiger partial charge >= 0.3 is 12.1 Å². The van der Waals surface area contributed by atoms with Gasteiger partial charge in [-0.1, -0.05) is 72.6 Å². The molecule has 0 aromatic heterocycles. The molecule has 0 saturated carbocycles. The summed E-state index contributed by atoms with van der Waals surface area (Å²) in [5.41, 5.74) is 3.13. The van der Waals surface area contributed by atoms with Crippen LogP contribution in [-0.2, 0) is 16.0 Å². The van der Waals surface area contributed by atoms with E-state index in [1.165, 1.54) is 51.4 Å². The summed E-state index contributed by atoms with van der Waals surface area (Å²) < 4.78 is 17.9. The van der Waals surface area contributed by atoms with E-state index in [1.807, 2.05) is 20.8 Å². The van der Waals surface area contributed by atoms with Gasteiger partial charge in [0.2, 0.25) is 0 Å². The summed E-state index contributed by atoms with van der Waals surface area (Å²) in [6, 6.07) is -0.843. The van der Waals surface area contributed by atoms with Gasteiger partial charge in [0, 0.05) is 5.56 Å². The molecular weight excluding hydrogens is 538 g/mol. The standard InChI is InChI=1S/C37H63NO5/c1-24(2)16-13-17-25(3)18-14-19-26(4)20-15-22-37(12)23-21-31-29(7)32(27(5)28(6)33(31)42-37)41-34(39)30(8)38-35(40)43-36(9,10)11/h24-26,30H,13-23H2,1-12H3,(H,38,40)/t25-,26-,30-,37+/m1/s1. The molecule has 0 bridgehead atoms. The molecule has 0 radical (unpaired) electrons. The second-order valence-corrected chi connectivity index (χ2v) is 15.2. The van der Waals surface area contributed by atoms with E-state index in [-0.39, 0.29) is 5.60 Å². The Morgan fingerprint density at radius 1 is 0.860 bits per heavy atom. The molecule has 0 aliphatic carbocycles. The maximum absolute atomic E-state index is 12.9. The van der Waals surface area contributed by atoms with Gasteiger partial charge in [0.15, 0.2) is 0 Å². The number of carbonyl (C=O) groups excluding carboxylic acids is 2. The van der Waals surface area contributed by atoms with Crippen LogP contribution in [0.5, 0.6) is 11.5 Å². The second-order valence-electron chi connectivity index (χ2n) is 15.2. The Labute approximate surface area is 263 Å². The highest BCUT2D eigenvalue weighted by Gasteiger charge is 2.35. The van der Waals surface area contributed by atoms with Crippen molar-refractivity contribution < 1.29 is 23.8 Å². The molecule has 1 heterocycles. The Kier molecular flexibility index (Phi) is 13.9. The molecule has 0 saturated heterocycles. The zero-order chi connectivity index (χ0) is 32.5. The van der Waals surface area contributed by atoms with Crippen molar-refractivity contribution in [2.24, 2.45) is 17.8 Å². The highest BCUT2D eigenvalue weighted by Crippen LogP contribution is 2.45. The lowest BCUT2D eigenvalue weighted by atomic mass is 9.83. The molecule has 0 unspecified atom stereocenters. The Bertz CT molecular complexity index is 1070. The summed E-state index contributed by atoms with van der Waals surface area (Å²) in [6.45, 7) is 24.7. The number of hydrogen-bond acceptors (Lipinski definition) is 5. The van der Waals surface area contributed by atoms with Gasteiger partial charge in [-0.2, -0.15) is 0 Å². The van der Waals surface area contributed by atoms with E-state index in [0.717, 1.165) is 65.0 Å². The molecule has 1 aliphatic rings. The predicted molar refractivity (Wildman–Crippen MR) is 177 cm³/mol. The molecule has 6 nitrogen and oxygen atoms in total. The number of ether oxygens (including phenoxy) is 3. The maximum Gasteiger partial charge on any atom is 0.408 e. The van der Waals surface area contributed by atoms with Crippen LogP contribution in [0, 0.1) is 38.5 Å². The first kappa shape index (κ1) is 36.9. The van der Waals surface area contributed by atoms with Gasteiger partial charge in [0.05, 0.1) is 0 Å². The van der Waals surface area contributed by atoms with Gasteiger partial charge in [-0.25, -0.2) is 9.59 Å². The van der Waals surface area contributed by atoms with Crippen molar-refractivity contribution in [2.75, 3.05) is 0 Å². The summed E-state index contributed by atoms with van der Waals surface area (Å²) in [5, 5.41) is 2.58. The predicted octanol–water partition coefficient (Wildman–Crippen LogP) is 9.95. The van der Waals surface area contributed by atoms with Crippen molar-refractivity contribution in [1.82, 2.24) is 5.32 Å². The molecule has 1 N–H and O–H groups in total.